The molecule has 0 aliphatic heterocycles. The molecule has 0 aliphatic carbocycles. The Hall–Kier alpha value is -1.92. The number of carbonyl (C=O) groups is 1. The summed E-state index contributed by atoms with van der Waals surface area (Å²) in [6.07, 6.45) is 2.63. The van der Waals surface area contributed by atoms with Crippen LogP contribution in [-0.2, 0) is 0 Å². The second-order valence-corrected chi connectivity index (χ2v) is 4.43. The predicted molar refractivity (Wildman–Crippen MR) is 72.8 cm³/mol. The van der Waals surface area contributed by atoms with Crippen LogP contribution in [0.5, 0.6) is 11.8 Å². The van der Waals surface area contributed by atoms with Gasteiger partial charge >= 0.3 is 0 Å². The number of carbonyl (C=O) groups excluding carboxylic acids is 1. The maximum Gasteiger partial charge on any atom is 0.247 e. The van der Waals surface area contributed by atoms with Crippen molar-refractivity contribution in [2.75, 3.05) is 14.2 Å². The maximum absolute atomic E-state index is 12.3. The first-order valence-electron chi connectivity index (χ1n) is 5.37. The van der Waals surface area contributed by atoms with Gasteiger partial charge in [-0.2, -0.15) is 4.98 Å². The fourth-order valence-corrected chi connectivity index (χ4v) is 1.91. The van der Waals surface area contributed by atoms with Gasteiger partial charge in [-0.1, -0.05) is 23.2 Å². The average Bonchev–Trinajstić information content (AvgIpc) is 2.46. The van der Waals surface area contributed by atoms with E-state index in [1.807, 2.05) is 0 Å². The third-order valence-corrected chi connectivity index (χ3v) is 2.85. The lowest BCUT2D eigenvalue weighted by Crippen LogP contribution is -2.10. The van der Waals surface area contributed by atoms with E-state index in [0.717, 1.165) is 0 Å². The van der Waals surface area contributed by atoms with Crippen molar-refractivity contribution in [3.05, 3.63) is 39.9 Å². The lowest BCUT2D eigenvalue weighted by molar-refractivity contribution is 0.102. The molecule has 0 saturated heterocycles. The van der Waals surface area contributed by atoms with Crippen molar-refractivity contribution in [3.8, 4) is 11.8 Å². The molecule has 0 amide bonds. The molecule has 2 heterocycles. The fourth-order valence-electron chi connectivity index (χ4n) is 1.45. The minimum atomic E-state index is -0.515. The summed E-state index contributed by atoms with van der Waals surface area (Å²) in [6.45, 7) is 0. The van der Waals surface area contributed by atoms with Crippen LogP contribution in [-0.4, -0.2) is 35.0 Å². The van der Waals surface area contributed by atoms with E-state index in [4.69, 9.17) is 32.7 Å². The normalized spacial score (nSPS) is 10.2. The highest BCUT2D eigenvalue weighted by Gasteiger charge is 2.22. The number of rotatable bonds is 4. The second-order valence-electron chi connectivity index (χ2n) is 3.58. The molecule has 0 bridgehead atoms. The van der Waals surface area contributed by atoms with Gasteiger partial charge in [-0.25, -0.2) is 9.97 Å². The van der Waals surface area contributed by atoms with Gasteiger partial charge < -0.3 is 9.47 Å². The van der Waals surface area contributed by atoms with Crippen LogP contribution in [0.2, 0.25) is 10.0 Å². The Morgan fingerprint density at radius 2 is 1.80 bits per heavy atom. The standard InChI is InChI=1S/C12H9Cl2N3O3/c1-19-8-5-16-10(12(17-8)20-2)11(18)9-7(14)3-6(13)4-15-9/h3-5H,1-2H3. The summed E-state index contributed by atoms with van der Waals surface area (Å²) >= 11 is 11.7. The number of nitrogens with zero attached hydrogens (tertiary/aromatic N) is 3. The summed E-state index contributed by atoms with van der Waals surface area (Å²) < 4.78 is 9.94. The van der Waals surface area contributed by atoms with E-state index in [-0.39, 0.29) is 28.2 Å². The predicted octanol–water partition coefficient (Wildman–Crippen LogP) is 2.43. The number of ketones is 1. The Labute approximate surface area is 124 Å². The van der Waals surface area contributed by atoms with Crippen LogP contribution < -0.4 is 9.47 Å². The summed E-state index contributed by atoms with van der Waals surface area (Å²) in [4.78, 5) is 24.2. The molecule has 0 unspecified atom stereocenters. The van der Waals surface area contributed by atoms with Crippen LogP contribution in [0, 0.1) is 0 Å². The van der Waals surface area contributed by atoms with E-state index in [0.29, 0.717) is 5.02 Å². The molecule has 6 nitrogen and oxygen atoms in total. The Kier molecular flexibility index (Phi) is 4.36. The molecule has 0 aliphatic rings. The smallest absolute Gasteiger partial charge is 0.247 e. The van der Waals surface area contributed by atoms with Crippen molar-refractivity contribution >= 4 is 29.0 Å². The number of pyridine rings is 1. The molecule has 0 aromatic carbocycles. The van der Waals surface area contributed by atoms with Crippen LogP contribution >= 0.6 is 23.2 Å². The minimum absolute atomic E-state index is 0.00924. The zero-order valence-electron chi connectivity index (χ0n) is 10.6. The van der Waals surface area contributed by atoms with Crippen LogP contribution in [0.1, 0.15) is 16.2 Å². The first-order valence-corrected chi connectivity index (χ1v) is 6.13. The summed E-state index contributed by atoms with van der Waals surface area (Å²) in [5.74, 6) is -0.255. The van der Waals surface area contributed by atoms with E-state index in [1.165, 1.54) is 32.7 Å². The quantitative estimate of drug-likeness (QED) is 0.807. The molecule has 0 saturated carbocycles. The zero-order valence-corrected chi connectivity index (χ0v) is 12.1. The van der Waals surface area contributed by atoms with Crippen LogP contribution in [0.15, 0.2) is 18.5 Å². The van der Waals surface area contributed by atoms with Gasteiger partial charge in [-0.3, -0.25) is 4.79 Å². The zero-order chi connectivity index (χ0) is 14.7. The van der Waals surface area contributed by atoms with E-state index < -0.39 is 5.78 Å². The molecule has 104 valence electrons. The minimum Gasteiger partial charge on any atom is -0.480 e. The third-order valence-electron chi connectivity index (χ3n) is 2.36. The third kappa shape index (κ3) is 2.81. The van der Waals surface area contributed by atoms with Gasteiger partial charge in [0.15, 0.2) is 5.69 Å². The summed E-state index contributed by atoms with van der Waals surface area (Å²) in [5, 5.41) is 0.460. The lowest BCUT2D eigenvalue weighted by Gasteiger charge is -2.07. The molecule has 2 rings (SSSR count). The van der Waals surface area contributed by atoms with Gasteiger partial charge in [0.2, 0.25) is 17.5 Å². The molecule has 0 spiro atoms. The Morgan fingerprint density at radius 3 is 2.40 bits per heavy atom. The van der Waals surface area contributed by atoms with Gasteiger partial charge in [-0.05, 0) is 6.07 Å². The monoisotopic (exact) mass is 313 g/mol. The van der Waals surface area contributed by atoms with Crippen molar-refractivity contribution in [1.82, 2.24) is 15.0 Å². The Bertz CT molecular complexity index is 664. The average molecular weight is 314 g/mol. The number of methoxy groups -OCH3 is 2. The second kappa shape index (κ2) is 6.02. The van der Waals surface area contributed by atoms with Crippen LogP contribution in [0.3, 0.4) is 0 Å². The largest absolute Gasteiger partial charge is 0.480 e. The first kappa shape index (κ1) is 14.5. The lowest BCUT2D eigenvalue weighted by atomic mass is 10.2. The molecule has 20 heavy (non-hydrogen) atoms. The van der Waals surface area contributed by atoms with Gasteiger partial charge in [0.1, 0.15) is 5.69 Å². The van der Waals surface area contributed by atoms with Gasteiger partial charge in [-0.15, -0.1) is 0 Å². The SMILES string of the molecule is COc1cnc(C(=O)c2ncc(Cl)cc2Cl)c(OC)n1. The summed E-state index contributed by atoms with van der Waals surface area (Å²) in [6, 6.07) is 1.42. The highest BCUT2D eigenvalue weighted by atomic mass is 35.5. The number of hydrogen-bond donors (Lipinski definition) is 0. The highest BCUT2D eigenvalue weighted by molar-refractivity contribution is 6.37. The van der Waals surface area contributed by atoms with Crippen molar-refractivity contribution < 1.29 is 14.3 Å². The van der Waals surface area contributed by atoms with Gasteiger partial charge in [0.05, 0.1) is 30.5 Å². The Balaban J connectivity index is 2.47. The summed E-state index contributed by atoms with van der Waals surface area (Å²) in [5.41, 5.74) is 0.0128. The van der Waals surface area contributed by atoms with Gasteiger partial charge in [0, 0.05) is 6.20 Å². The highest BCUT2D eigenvalue weighted by Crippen LogP contribution is 2.24. The van der Waals surface area contributed by atoms with Crippen LogP contribution in [0.4, 0.5) is 0 Å². The molecule has 2 aromatic rings. The number of ether oxygens (including phenoxy) is 2. The molecule has 8 heteroatoms. The molecular weight excluding hydrogens is 305 g/mol. The number of halogens is 2. The fraction of sp³-hybridized carbons (Fsp3) is 0.167. The Morgan fingerprint density at radius 1 is 1.10 bits per heavy atom. The maximum atomic E-state index is 12.3. The van der Waals surface area contributed by atoms with E-state index >= 15 is 0 Å². The first-order chi connectivity index (χ1) is 9.56. The van der Waals surface area contributed by atoms with E-state index in [1.54, 1.807) is 0 Å². The molecule has 0 N–H and O–H groups in total. The molecule has 0 radical (unpaired) electrons. The van der Waals surface area contributed by atoms with Crippen LogP contribution in [0.25, 0.3) is 0 Å². The van der Waals surface area contributed by atoms with Gasteiger partial charge in [0.25, 0.3) is 0 Å². The molecule has 2 aromatic heterocycles. The van der Waals surface area contributed by atoms with Crippen molar-refractivity contribution in [1.29, 1.82) is 0 Å². The van der Waals surface area contributed by atoms with Crippen molar-refractivity contribution in [3.63, 3.8) is 0 Å². The molecular formula is C12H9Cl2N3O3. The van der Waals surface area contributed by atoms with Crippen molar-refractivity contribution in [2.24, 2.45) is 0 Å². The van der Waals surface area contributed by atoms with Crippen molar-refractivity contribution in [2.45, 2.75) is 0 Å². The number of hydrogen-bond acceptors (Lipinski definition) is 6. The van der Waals surface area contributed by atoms with E-state index in [9.17, 15) is 4.79 Å². The molecule has 0 fully saturated rings. The van der Waals surface area contributed by atoms with E-state index in [2.05, 4.69) is 15.0 Å². The summed E-state index contributed by atoms with van der Waals surface area (Å²) in [7, 11) is 2.81. The number of aromatic nitrogens is 3. The molecule has 0 atom stereocenters. The topological polar surface area (TPSA) is 74.2 Å².